The number of hydrogen-bond acceptors (Lipinski definition) is 9. The monoisotopic (exact) mass is 524 g/mol. The maximum Gasteiger partial charge on any atom is 0.410 e. The zero-order valence-electron chi connectivity index (χ0n) is 26.4. The summed E-state index contributed by atoms with van der Waals surface area (Å²) in [5.41, 5.74) is 2.67. The molecule has 0 bridgehead atoms. The summed E-state index contributed by atoms with van der Waals surface area (Å²) in [7, 11) is 0. The Balaban J connectivity index is 1.30. The van der Waals surface area contributed by atoms with Crippen molar-refractivity contribution in [2.45, 2.75) is 57.8 Å². The van der Waals surface area contributed by atoms with Crippen molar-refractivity contribution in [2.24, 2.45) is 0 Å². The second-order valence-corrected chi connectivity index (χ2v) is 9.79. The molecule has 0 spiro atoms. The summed E-state index contributed by atoms with van der Waals surface area (Å²) in [5, 5.41) is 12.9. The third kappa shape index (κ3) is 6.00. The Labute approximate surface area is 231 Å². The molecule has 10 heteroatoms. The Morgan fingerprint density at radius 2 is 2.16 bits per heavy atom. The number of benzene rings is 1. The van der Waals surface area contributed by atoms with Gasteiger partial charge in [-0.2, -0.15) is 15.2 Å². The summed E-state index contributed by atoms with van der Waals surface area (Å²) in [6.45, 7) is -2.20. The number of amides is 1. The summed E-state index contributed by atoms with van der Waals surface area (Å²) in [4.78, 5) is 27.5. The molecular weight excluding hydrogens is 482 g/mol. The van der Waals surface area contributed by atoms with E-state index in [1.165, 1.54) is 4.90 Å². The molecule has 5 rings (SSSR count). The third-order valence-corrected chi connectivity index (χ3v) is 7.37. The van der Waals surface area contributed by atoms with Crippen LogP contribution in [0.4, 0.5) is 10.6 Å². The lowest BCUT2D eigenvalue weighted by atomic mass is 10.0. The number of fused-ring (bicyclic) bond motifs is 1. The lowest BCUT2D eigenvalue weighted by Gasteiger charge is -2.41. The maximum atomic E-state index is 13.0. The minimum atomic E-state index is -2.78. The number of aromatic nitrogens is 2. The van der Waals surface area contributed by atoms with Crippen LogP contribution in [0, 0.1) is 11.3 Å². The third-order valence-electron chi connectivity index (χ3n) is 7.37. The van der Waals surface area contributed by atoms with E-state index in [1.54, 1.807) is 4.90 Å². The van der Waals surface area contributed by atoms with Gasteiger partial charge in [0.1, 0.15) is 19.0 Å². The van der Waals surface area contributed by atoms with Gasteiger partial charge in [0.2, 0.25) is 0 Å². The lowest BCUT2D eigenvalue weighted by Crippen LogP contribution is -2.55. The molecule has 202 valence electrons. The zero-order valence-corrected chi connectivity index (χ0v) is 21.4. The smallest absolute Gasteiger partial charge is 0.410 e. The molecule has 1 aromatic heterocycles. The van der Waals surface area contributed by atoms with Gasteiger partial charge in [-0.25, -0.2) is 4.79 Å². The molecular formula is C28H37N7O3. The summed E-state index contributed by atoms with van der Waals surface area (Å²) in [6, 6.07) is 11.0. The van der Waals surface area contributed by atoms with Gasteiger partial charge in [0.25, 0.3) is 0 Å². The van der Waals surface area contributed by atoms with E-state index in [0.29, 0.717) is 57.8 Å². The minimum absolute atomic E-state index is 0.0549. The van der Waals surface area contributed by atoms with E-state index >= 15 is 0 Å². The van der Waals surface area contributed by atoms with Crippen LogP contribution in [0.25, 0.3) is 0 Å². The van der Waals surface area contributed by atoms with Crippen LogP contribution in [0.15, 0.2) is 30.3 Å². The summed E-state index contributed by atoms with van der Waals surface area (Å²) >= 11 is 0. The molecule has 0 saturated carbocycles. The highest BCUT2D eigenvalue weighted by Gasteiger charge is 2.34. The number of nitriles is 1. The van der Waals surface area contributed by atoms with Crippen LogP contribution < -0.4 is 15.0 Å². The molecule has 0 unspecified atom stereocenters. The van der Waals surface area contributed by atoms with E-state index in [4.69, 9.17) is 21.3 Å². The predicted molar refractivity (Wildman–Crippen MR) is 143 cm³/mol. The molecule has 2 aromatic rings. The zero-order chi connectivity index (χ0) is 30.6. The number of ether oxygens (including phenoxy) is 2. The van der Waals surface area contributed by atoms with Gasteiger partial charge in [0, 0.05) is 44.6 Å². The molecule has 0 aliphatic carbocycles. The van der Waals surface area contributed by atoms with Crippen molar-refractivity contribution in [2.75, 3.05) is 50.7 Å². The maximum absolute atomic E-state index is 13.0. The number of nitrogens with zero attached hydrogens (tertiary/aromatic N) is 6. The first kappa shape index (κ1) is 20.5. The second-order valence-electron chi connectivity index (χ2n) is 9.79. The SMILES string of the molecule is [2H]C([2H])([2H])C([2H])([2H])N1CCC[C@H]1COc1nc2c(c(N3CCN(C(=O)OCc4ccccc4)[C@@H](CC#N)C3)n1)CCNC2. The first-order chi connectivity index (χ1) is 20.6. The first-order valence-corrected chi connectivity index (χ1v) is 13.2. The van der Waals surface area contributed by atoms with Gasteiger partial charge in [-0.15, -0.1) is 0 Å². The standard InChI is InChI=1S/C28H37N7O3/c1-2-33-14-6-9-23(33)20-37-27-31-25-17-30-13-11-24(25)26(32-27)34-15-16-35(22(18-34)10-12-29)28(36)38-19-21-7-4-3-5-8-21/h3-5,7-8,22-23,30H,2,6,9-11,13-20H2,1H3/t22-,23-/m0/s1/i1D3,2D2. The number of rotatable bonds is 8. The van der Waals surface area contributed by atoms with Crippen molar-refractivity contribution in [1.82, 2.24) is 25.1 Å². The van der Waals surface area contributed by atoms with Crippen LogP contribution in [0.3, 0.4) is 0 Å². The summed E-state index contributed by atoms with van der Waals surface area (Å²) in [6.07, 6.45) is 1.66. The highest BCUT2D eigenvalue weighted by molar-refractivity contribution is 5.69. The number of likely N-dealkylation sites (N-methyl/N-ethyl adjacent to an activating group) is 1. The van der Waals surface area contributed by atoms with Crippen LogP contribution in [-0.4, -0.2) is 83.8 Å². The Bertz CT molecular complexity index is 1320. The van der Waals surface area contributed by atoms with Gasteiger partial charge in [-0.3, -0.25) is 4.90 Å². The van der Waals surface area contributed by atoms with E-state index in [2.05, 4.69) is 21.3 Å². The van der Waals surface area contributed by atoms with Gasteiger partial charge in [-0.1, -0.05) is 37.2 Å². The first-order valence-electron chi connectivity index (χ1n) is 15.7. The van der Waals surface area contributed by atoms with Gasteiger partial charge >= 0.3 is 12.1 Å². The van der Waals surface area contributed by atoms with Crippen molar-refractivity contribution in [1.29, 1.82) is 5.26 Å². The highest BCUT2D eigenvalue weighted by Crippen LogP contribution is 2.29. The van der Waals surface area contributed by atoms with Crippen LogP contribution in [0.2, 0.25) is 0 Å². The van der Waals surface area contributed by atoms with E-state index in [0.717, 1.165) is 23.4 Å². The van der Waals surface area contributed by atoms with Crippen LogP contribution >= 0.6 is 0 Å². The average Bonchev–Trinajstić information content (AvgIpc) is 3.48. The number of anilines is 1. The molecule has 3 aliphatic rings. The number of hydrogen-bond donors (Lipinski definition) is 1. The van der Waals surface area contributed by atoms with Crippen molar-refractivity contribution in [3.63, 3.8) is 0 Å². The predicted octanol–water partition coefficient (Wildman–Crippen LogP) is 2.73. The van der Waals surface area contributed by atoms with Crippen LogP contribution in [-0.2, 0) is 24.3 Å². The molecule has 10 nitrogen and oxygen atoms in total. The molecule has 2 fully saturated rings. The molecule has 3 aliphatic heterocycles. The van der Waals surface area contributed by atoms with Gasteiger partial charge in [0.05, 0.1) is 24.2 Å². The quantitative estimate of drug-likeness (QED) is 0.558. The average molecular weight is 525 g/mol. The number of nitrogens with one attached hydrogen (secondary N) is 1. The van der Waals surface area contributed by atoms with Gasteiger partial charge < -0.3 is 24.6 Å². The molecule has 2 atom stereocenters. The van der Waals surface area contributed by atoms with Crippen molar-refractivity contribution in [3.05, 3.63) is 47.2 Å². The molecule has 2 saturated heterocycles. The number of carbonyl (C=O) groups excluding carboxylic acids is 1. The van der Waals surface area contributed by atoms with Gasteiger partial charge in [0.15, 0.2) is 0 Å². The Hall–Kier alpha value is -3.42. The van der Waals surface area contributed by atoms with E-state index < -0.39 is 31.5 Å². The fraction of sp³-hybridized carbons (Fsp3) is 0.571. The second kappa shape index (κ2) is 12.4. The van der Waals surface area contributed by atoms with E-state index in [-0.39, 0.29) is 25.6 Å². The molecule has 4 heterocycles. The molecule has 38 heavy (non-hydrogen) atoms. The fourth-order valence-electron chi connectivity index (χ4n) is 5.34. The van der Waals surface area contributed by atoms with E-state index in [9.17, 15) is 10.1 Å². The number of likely N-dealkylation sites (tertiary alicyclic amines) is 1. The Kier molecular flexibility index (Phi) is 6.71. The largest absolute Gasteiger partial charge is 0.462 e. The van der Waals surface area contributed by atoms with Crippen LogP contribution in [0.5, 0.6) is 6.01 Å². The van der Waals surface area contributed by atoms with Crippen molar-refractivity contribution < 1.29 is 21.1 Å². The molecule has 1 aromatic carbocycles. The Morgan fingerprint density at radius 1 is 1.26 bits per heavy atom. The summed E-state index contributed by atoms with van der Waals surface area (Å²) < 4.78 is 51.0. The number of piperazine rings is 1. The molecule has 1 amide bonds. The normalized spacial score (nSPS) is 24.2. The number of carbonyl (C=O) groups is 1. The van der Waals surface area contributed by atoms with Gasteiger partial charge in [-0.05, 0) is 44.4 Å². The Morgan fingerprint density at radius 3 is 3.00 bits per heavy atom. The minimum Gasteiger partial charge on any atom is -0.462 e. The van der Waals surface area contributed by atoms with E-state index in [1.807, 2.05) is 30.3 Å². The summed E-state index contributed by atoms with van der Waals surface area (Å²) in [5.74, 6) is 0.697. The molecule has 1 N–H and O–H groups in total. The van der Waals surface area contributed by atoms with Crippen molar-refractivity contribution in [3.8, 4) is 12.1 Å². The van der Waals surface area contributed by atoms with Crippen LogP contribution in [0.1, 0.15) is 49.8 Å². The highest BCUT2D eigenvalue weighted by atomic mass is 16.6. The topological polar surface area (TPSA) is 107 Å². The molecule has 0 radical (unpaired) electrons. The lowest BCUT2D eigenvalue weighted by molar-refractivity contribution is 0.0767. The van der Waals surface area contributed by atoms with Crippen molar-refractivity contribution >= 4 is 11.9 Å². The fourth-order valence-corrected chi connectivity index (χ4v) is 5.34.